The monoisotopic (exact) mass is 180 g/mol. The van der Waals surface area contributed by atoms with E-state index in [1.807, 2.05) is 12.1 Å². The topological polar surface area (TPSA) is 0 Å². The van der Waals surface area contributed by atoms with Gasteiger partial charge in [0.25, 0.3) is 0 Å². The largest absolute Gasteiger partial charge is 0.207 e. The Labute approximate surface area is 79.8 Å². The van der Waals surface area contributed by atoms with Crippen LogP contribution in [0.2, 0.25) is 0 Å². The zero-order valence-electron chi connectivity index (χ0n) is 8.60. The Hall–Kier alpha value is -0.850. The summed E-state index contributed by atoms with van der Waals surface area (Å²) in [5, 5.41) is 0. The SMILES string of the molecule is CCCc1cc(C(C)C)ccc1F. The minimum Gasteiger partial charge on any atom is -0.207 e. The van der Waals surface area contributed by atoms with E-state index in [1.165, 1.54) is 5.56 Å². The molecule has 72 valence electrons. The van der Waals surface area contributed by atoms with Gasteiger partial charge in [0.15, 0.2) is 0 Å². The fourth-order valence-electron chi connectivity index (χ4n) is 1.41. The molecule has 0 aliphatic heterocycles. The summed E-state index contributed by atoms with van der Waals surface area (Å²) in [5.74, 6) is 0.419. The van der Waals surface area contributed by atoms with E-state index >= 15 is 0 Å². The van der Waals surface area contributed by atoms with E-state index in [0.717, 1.165) is 18.4 Å². The average molecular weight is 180 g/mol. The first-order valence-corrected chi connectivity index (χ1v) is 4.93. The highest BCUT2D eigenvalue weighted by Gasteiger charge is 2.04. The van der Waals surface area contributed by atoms with Crippen molar-refractivity contribution in [3.63, 3.8) is 0 Å². The van der Waals surface area contributed by atoms with Crippen molar-refractivity contribution in [3.8, 4) is 0 Å². The smallest absolute Gasteiger partial charge is 0.126 e. The highest BCUT2D eigenvalue weighted by Crippen LogP contribution is 2.18. The van der Waals surface area contributed by atoms with Crippen LogP contribution < -0.4 is 0 Å². The second-order valence-electron chi connectivity index (χ2n) is 3.76. The maximum atomic E-state index is 13.2. The molecule has 0 fully saturated rings. The molecule has 0 unspecified atom stereocenters. The van der Waals surface area contributed by atoms with Gasteiger partial charge < -0.3 is 0 Å². The highest BCUT2D eigenvalue weighted by molar-refractivity contribution is 5.27. The van der Waals surface area contributed by atoms with Crippen LogP contribution in [-0.4, -0.2) is 0 Å². The van der Waals surface area contributed by atoms with Gasteiger partial charge in [0.1, 0.15) is 5.82 Å². The lowest BCUT2D eigenvalue weighted by Gasteiger charge is -2.08. The van der Waals surface area contributed by atoms with Gasteiger partial charge in [-0.05, 0) is 29.5 Å². The molecule has 0 saturated heterocycles. The molecular weight excluding hydrogens is 163 g/mol. The van der Waals surface area contributed by atoms with Gasteiger partial charge in [-0.3, -0.25) is 0 Å². The third-order valence-corrected chi connectivity index (χ3v) is 2.26. The van der Waals surface area contributed by atoms with Gasteiger partial charge in [0, 0.05) is 0 Å². The quantitative estimate of drug-likeness (QED) is 0.661. The summed E-state index contributed by atoms with van der Waals surface area (Å²) < 4.78 is 13.2. The van der Waals surface area contributed by atoms with Crippen LogP contribution in [0.5, 0.6) is 0 Å². The Kier molecular flexibility index (Phi) is 3.47. The predicted molar refractivity (Wildman–Crippen MR) is 54.5 cm³/mol. The second kappa shape index (κ2) is 4.40. The van der Waals surface area contributed by atoms with Gasteiger partial charge in [0.05, 0.1) is 0 Å². The van der Waals surface area contributed by atoms with Crippen LogP contribution in [0.25, 0.3) is 0 Å². The Morgan fingerprint density at radius 1 is 1.31 bits per heavy atom. The first kappa shape index (κ1) is 10.2. The van der Waals surface area contributed by atoms with Gasteiger partial charge in [-0.15, -0.1) is 0 Å². The van der Waals surface area contributed by atoms with Crippen LogP contribution >= 0.6 is 0 Å². The van der Waals surface area contributed by atoms with E-state index < -0.39 is 0 Å². The lowest BCUT2D eigenvalue weighted by Crippen LogP contribution is -1.94. The van der Waals surface area contributed by atoms with E-state index in [1.54, 1.807) is 6.07 Å². The molecular formula is C12H17F. The van der Waals surface area contributed by atoms with Crippen molar-refractivity contribution in [2.45, 2.75) is 39.5 Å². The predicted octanol–water partition coefficient (Wildman–Crippen LogP) is 3.90. The molecule has 0 atom stereocenters. The molecule has 0 bridgehead atoms. The van der Waals surface area contributed by atoms with Crippen LogP contribution in [0.3, 0.4) is 0 Å². The van der Waals surface area contributed by atoms with Gasteiger partial charge in [0.2, 0.25) is 0 Å². The van der Waals surface area contributed by atoms with E-state index in [4.69, 9.17) is 0 Å². The first-order chi connectivity index (χ1) is 6.15. The molecule has 0 radical (unpaired) electrons. The molecule has 1 aromatic carbocycles. The average Bonchev–Trinajstić information content (AvgIpc) is 2.08. The fourth-order valence-corrected chi connectivity index (χ4v) is 1.41. The summed E-state index contributed by atoms with van der Waals surface area (Å²) >= 11 is 0. The summed E-state index contributed by atoms with van der Waals surface area (Å²) in [6.45, 7) is 6.33. The van der Waals surface area contributed by atoms with E-state index in [0.29, 0.717) is 5.92 Å². The number of halogens is 1. The number of hydrogen-bond acceptors (Lipinski definition) is 0. The summed E-state index contributed by atoms with van der Waals surface area (Å²) in [6.07, 6.45) is 1.84. The number of rotatable bonds is 3. The molecule has 1 heteroatoms. The molecule has 0 aliphatic carbocycles. The lowest BCUT2D eigenvalue weighted by molar-refractivity contribution is 0.605. The molecule has 0 saturated carbocycles. The lowest BCUT2D eigenvalue weighted by atomic mass is 9.99. The van der Waals surface area contributed by atoms with Crippen molar-refractivity contribution >= 4 is 0 Å². The van der Waals surface area contributed by atoms with Crippen molar-refractivity contribution in [1.82, 2.24) is 0 Å². The summed E-state index contributed by atoms with van der Waals surface area (Å²) in [6, 6.07) is 5.45. The van der Waals surface area contributed by atoms with Crippen molar-refractivity contribution in [2.75, 3.05) is 0 Å². The fraction of sp³-hybridized carbons (Fsp3) is 0.500. The Balaban J connectivity index is 2.97. The Bertz CT molecular complexity index is 276. The molecule has 0 N–H and O–H groups in total. The molecule has 0 nitrogen and oxygen atoms in total. The normalized spacial score (nSPS) is 10.8. The van der Waals surface area contributed by atoms with Crippen LogP contribution in [0, 0.1) is 5.82 Å². The van der Waals surface area contributed by atoms with Crippen LogP contribution in [-0.2, 0) is 6.42 Å². The zero-order chi connectivity index (χ0) is 9.84. The third kappa shape index (κ3) is 2.55. The number of aryl methyl sites for hydroxylation is 1. The second-order valence-corrected chi connectivity index (χ2v) is 3.76. The minimum atomic E-state index is -0.0637. The summed E-state index contributed by atoms with van der Waals surface area (Å²) in [7, 11) is 0. The third-order valence-electron chi connectivity index (χ3n) is 2.26. The maximum absolute atomic E-state index is 13.2. The molecule has 1 rings (SSSR count). The number of hydrogen-bond donors (Lipinski definition) is 0. The molecule has 0 aliphatic rings. The number of benzene rings is 1. The molecule has 0 heterocycles. The minimum absolute atomic E-state index is 0.0637. The zero-order valence-corrected chi connectivity index (χ0v) is 8.60. The Morgan fingerprint density at radius 3 is 2.54 bits per heavy atom. The highest BCUT2D eigenvalue weighted by atomic mass is 19.1. The van der Waals surface area contributed by atoms with Crippen molar-refractivity contribution in [1.29, 1.82) is 0 Å². The summed E-state index contributed by atoms with van der Waals surface area (Å²) in [4.78, 5) is 0. The molecule has 13 heavy (non-hydrogen) atoms. The van der Waals surface area contributed by atoms with Gasteiger partial charge in [-0.25, -0.2) is 4.39 Å². The van der Waals surface area contributed by atoms with Gasteiger partial charge >= 0.3 is 0 Å². The van der Waals surface area contributed by atoms with E-state index in [-0.39, 0.29) is 5.82 Å². The molecule has 1 aromatic rings. The van der Waals surface area contributed by atoms with Crippen molar-refractivity contribution in [2.24, 2.45) is 0 Å². The first-order valence-electron chi connectivity index (χ1n) is 4.93. The standard InChI is InChI=1S/C12H17F/c1-4-5-11-8-10(9(2)3)6-7-12(11)13/h6-9H,4-5H2,1-3H3. The molecule has 0 amide bonds. The van der Waals surface area contributed by atoms with Gasteiger partial charge in [-0.2, -0.15) is 0 Å². The summed E-state index contributed by atoms with van der Waals surface area (Å²) in [5.41, 5.74) is 2.08. The van der Waals surface area contributed by atoms with E-state index in [9.17, 15) is 4.39 Å². The van der Waals surface area contributed by atoms with Crippen LogP contribution in [0.4, 0.5) is 4.39 Å². The van der Waals surface area contributed by atoms with Crippen molar-refractivity contribution < 1.29 is 4.39 Å². The Morgan fingerprint density at radius 2 is 2.00 bits per heavy atom. The van der Waals surface area contributed by atoms with Gasteiger partial charge in [-0.1, -0.05) is 39.3 Å². The van der Waals surface area contributed by atoms with E-state index in [2.05, 4.69) is 20.8 Å². The van der Waals surface area contributed by atoms with Crippen LogP contribution in [0.1, 0.15) is 44.2 Å². The molecule has 0 aromatic heterocycles. The van der Waals surface area contributed by atoms with Crippen molar-refractivity contribution in [3.05, 3.63) is 35.1 Å². The maximum Gasteiger partial charge on any atom is 0.126 e. The molecule has 0 spiro atoms. The van der Waals surface area contributed by atoms with Crippen LogP contribution in [0.15, 0.2) is 18.2 Å².